The number of rotatable bonds is 17. The molecule has 1 aliphatic carbocycles. The number of alkyl carbamates (subject to hydrolysis) is 1. The van der Waals surface area contributed by atoms with Gasteiger partial charge in [0, 0.05) is 13.6 Å². The topological polar surface area (TPSA) is 179 Å². The number of likely N-dealkylation sites (N-methyl/N-ethyl adjacent to an activating group) is 1. The second-order valence-electron chi connectivity index (χ2n) is 12.0. The Morgan fingerprint density at radius 1 is 1.05 bits per heavy atom. The molecule has 1 saturated heterocycles. The number of nitrogens with one attached hydrogen (secondary N) is 2. The third-order valence-corrected chi connectivity index (χ3v) is 7.66. The molecule has 0 bridgehead atoms. The van der Waals surface area contributed by atoms with Crippen molar-refractivity contribution in [2.45, 2.75) is 104 Å². The van der Waals surface area contributed by atoms with Crippen LogP contribution in [0.4, 0.5) is 9.59 Å². The van der Waals surface area contributed by atoms with Crippen molar-refractivity contribution in [1.82, 2.24) is 20.8 Å². The van der Waals surface area contributed by atoms with Crippen molar-refractivity contribution in [2.24, 2.45) is 5.41 Å². The lowest BCUT2D eigenvalue weighted by Gasteiger charge is -2.45. The fourth-order valence-corrected chi connectivity index (χ4v) is 5.24. The van der Waals surface area contributed by atoms with Gasteiger partial charge >= 0.3 is 28.5 Å². The molecule has 16 heteroatoms. The summed E-state index contributed by atoms with van der Waals surface area (Å²) >= 11 is 0. The standard InChI is InChI=1S/C26H46N4O11S/c1-8-9-10-11-12-16-37-21(32)25(5,6)18-39-42(35,36)41-30-19-13-14-26(19,29(7)23(30)34)20(31)28-38-17-15-27-22(33)40-24(2,3)4/h19H,8-18H2,1-7H3,(H,27,33)(H,28,31)/t19-,26+/m1/s1. The average Bonchev–Trinajstić information content (AvgIpc) is 2.99. The predicted molar refractivity (Wildman–Crippen MR) is 149 cm³/mol. The van der Waals surface area contributed by atoms with Crippen LogP contribution in [-0.2, 0) is 42.8 Å². The first-order chi connectivity index (χ1) is 19.5. The molecule has 15 nitrogen and oxygen atoms in total. The van der Waals surface area contributed by atoms with Gasteiger partial charge in [-0.2, -0.15) is 13.5 Å². The summed E-state index contributed by atoms with van der Waals surface area (Å²) < 4.78 is 45.5. The number of ether oxygens (including phenoxy) is 2. The lowest BCUT2D eigenvalue weighted by atomic mass is 9.71. The Morgan fingerprint density at radius 2 is 1.71 bits per heavy atom. The summed E-state index contributed by atoms with van der Waals surface area (Å²) in [5.74, 6) is -1.31. The number of nitrogens with zero attached hydrogens (tertiary/aromatic N) is 2. The van der Waals surface area contributed by atoms with E-state index in [0.29, 0.717) is 11.5 Å². The maximum absolute atomic E-state index is 13.0. The van der Waals surface area contributed by atoms with E-state index in [4.69, 9.17) is 22.8 Å². The maximum Gasteiger partial charge on any atom is 0.421 e. The number of carbonyl (C=O) groups is 4. The number of hydrogen-bond acceptors (Lipinski definition) is 11. The first kappa shape index (κ1) is 35.5. The molecule has 4 amide bonds. The van der Waals surface area contributed by atoms with Crippen LogP contribution < -0.4 is 10.8 Å². The summed E-state index contributed by atoms with van der Waals surface area (Å²) in [5, 5.41) is 3.06. The van der Waals surface area contributed by atoms with E-state index in [1.54, 1.807) is 20.8 Å². The number of carbonyl (C=O) groups excluding carboxylic acids is 4. The minimum Gasteiger partial charge on any atom is -0.465 e. The molecule has 1 heterocycles. The fraction of sp³-hybridized carbons (Fsp3) is 0.846. The molecule has 2 fully saturated rings. The van der Waals surface area contributed by atoms with Crippen molar-refractivity contribution in [3.8, 4) is 0 Å². The molecule has 2 N–H and O–H groups in total. The summed E-state index contributed by atoms with van der Waals surface area (Å²) in [7, 11) is -3.44. The van der Waals surface area contributed by atoms with Crippen LogP contribution in [0.1, 0.15) is 86.5 Å². The van der Waals surface area contributed by atoms with Gasteiger partial charge < -0.3 is 19.7 Å². The molecule has 42 heavy (non-hydrogen) atoms. The number of urea groups is 1. The Morgan fingerprint density at radius 3 is 2.31 bits per heavy atom. The van der Waals surface area contributed by atoms with Crippen molar-refractivity contribution in [2.75, 3.05) is 33.4 Å². The van der Waals surface area contributed by atoms with E-state index in [0.717, 1.165) is 30.6 Å². The summed E-state index contributed by atoms with van der Waals surface area (Å²) in [6, 6.07) is -1.81. The number of unbranched alkanes of at least 4 members (excludes halogenated alkanes) is 4. The number of hydrogen-bond donors (Lipinski definition) is 2. The zero-order valence-corrected chi connectivity index (χ0v) is 26.5. The molecule has 2 rings (SSSR count). The first-order valence-electron chi connectivity index (χ1n) is 14.2. The minimum absolute atomic E-state index is 0.0358. The van der Waals surface area contributed by atoms with E-state index in [1.165, 1.54) is 20.9 Å². The lowest BCUT2D eigenvalue weighted by Crippen LogP contribution is -2.67. The van der Waals surface area contributed by atoms with Gasteiger partial charge in [0.1, 0.15) is 11.1 Å². The summed E-state index contributed by atoms with van der Waals surface area (Å²) in [6.45, 7) is 9.79. The van der Waals surface area contributed by atoms with Gasteiger partial charge in [0.2, 0.25) is 0 Å². The van der Waals surface area contributed by atoms with Gasteiger partial charge in [-0.3, -0.25) is 14.4 Å². The van der Waals surface area contributed by atoms with E-state index in [-0.39, 0.29) is 32.6 Å². The Bertz CT molecular complexity index is 1080. The van der Waals surface area contributed by atoms with Crippen molar-refractivity contribution < 1.29 is 50.4 Å². The van der Waals surface area contributed by atoms with Crippen LogP contribution in [0.2, 0.25) is 0 Å². The van der Waals surface area contributed by atoms with Crippen LogP contribution in [0.5, 0.6) is 0 Å². The molecule has 0 radical (unpaired) electrons. The van der Waals surface area contributed by atoms with Gasteiger partial charge in [0.25, 0.3) is 5.91 Å². The third kappa shape index (κ3) is 9.41. The summed E-state index contributed by atoms with van der Waals surface area (Å²) in [4.78, 5) is 56.3. The molecule has 0 aromatic carbocycles. The second-order valence-corrected chi connectivity index (χ2v) is 13.2. The maximum atomic E-state index is 13.0. The van der Waals surface area contributed by atoms with Crippen LogP contribution >= 0.6 is 0 Å². The predicted octanol–water partition coefficient (Wildman–Crippen LogP) is 2.56. The van der Waals surface area contributed by atoms with Crippen molar-refractivity contribution >= 4 is 34.4 Å². The third-order valence-electron chi connectivity index (χ3n) is 6.91. The zero-order valence-electron chi connectivity index (χ0n) is 25.6. The highest BCUT2D eigenvalue weighted by Crippen LogP contribution is 2.47. The number of fused-ring (bicyclic) bond motifs is 1. The van der Waals surface area contributed by atoms with Gasteiger partial charge in [-0.05, 0) is 53.9 Å². The zero-order chi connectivity index (χ0) is 31.8. The molecule has 0 unspecified atom stereocenters. The molecule has 1 saturated carbocycles. The smallest absolute Gasteiger partial charge is 0.421 e. The van der Waals surface area contributed by atoms with Crippen molar-refractivity contribution in [3.05, 3.63) is 0 Å². The quantitative estimate of drug-likeness (QED) is 0.138. The Hall–Kier alpha value is -2.69. The normalized spacial score (nSPS) is 20.5. The van der Waals surface area contributed by atoms with E-state index >= 15 is 0 Å². The van der Waals surface area contributed by atoms with Crippen LogP contribution in [-0.4, -0.2) is 93.0 Å². The summed E-state index contributed by atoms with van der Waals surface area (Å²) in [6.07, 6.45) is 4.74. The minimum atomic E-state index is -4.79. The molecule has 1 aliphatic heterocycles. The van der Waals surface area contributed by atoms with Crippen LogP contribution in [0.15, 0.2) is 0 Å². The van der Waals surface area contributed by atoms with Crippen molar-refractivity contribution in [3.63, 3.8) is 0 Å². The highest BCUT2D eigenvalue weighted by atomic mass is 32.3. The van der Waals surface area contributed by atoms with Gasteiger partial charge in [0.05, 0.1) is 31.3 Å². The largest absolute Gasteiger partial charge is 0.465 e. The Balaban J connectivity index is 1.86. The van der Waals surface area contributed by atoms with E-state index < -0.39 is 63.6 Å². The highest BCUT2D eigenvalue weighted by Gasteiger charge is 2.67. The molecule has 242 valence electrons. The van der Waals surface area contributed by atoms with E-state index in [1.807, 2.05) is 0 Å². The first-order valence-corrected chi connectivity index (χ1v) is 15.5. The molecule has 0 aromatic heterocycles. The Labute approximate surface area is 248 Å². The van der Waals surface area contributed by atoms with Gasteiger partial charge in [-0.15, -0.1) is 4.28 Å². The van der Waals surface area contributed by atoms with Gasteiger partial charge in [0.15, 0.2) is 0 Å². The van der Waals surface area contributed by atoms with Gasteiger partial charge in [-0.1, -0.05) is 32.6 Å². The fourth-order valence-electron chi connectivity index (χ4n) is 4.39. The van der Waals surface area contributed by atoms with E-state index in [2.05, 4.69) is 17.7 Å². The van der Waals surface area contributed by atoms with Crippen LogP contribution in [0.25, 0.3) is 0 Å². The molecule has 2 atom stereocenters. The highest BCUT2D eigenvalue weighted by molar-refractivity contribution is 7.81. The molecule has 0 spiro atoms. The SMILES string of the molecule is CCCCCCCOC(=O)C(C)(C)COS(=O)(=O)ON1C(=O)N(C)[C@@]2(C(=O)NOCCNC(=O)OC(C)(C)C)CC[C@@H]12. The monoisotopic (exact) mass is 622 g/mol. The number of hydroxylamine groups is 3. The molecule has 2 aliphatic rings. The summed E-state index contributed by atoms with van der Waals surface area (Å²) in [5.41, 5.74) is -1.16. The second kappa shape index (κ2) is 14.7. The lowest BCUT2D eigenvalue weighted by molar-refractivity contribution is -0.158. The molecular formula is C26H46N4O11S. The van der Waals surface area contributed by atoms with Gasteiger partial charge in [-0.25, -0.2) is 19.3 Å². The molecular weight excluding hydrogens is 576 g/mol. The number of amides is 4. The Kier molecular flexibility index (Phi) is 12.4. The van der Waals surface area contributed by atoms with Crippen LogP contribution in [0.3, 0.4) is 0 Å². The van der Waals surface area contributed by atoms with E-state index in [9.17, 15) is 27.6 Å². The number of esters is 1. The molecule has 0 aromatic rings. The van der Waals surface area contributed by atoms with Crippen LogP contribution in [0, 0.1) is 5.41 Å². The average molecular weight is 623 g/mol. The van der Waals surface area contributed by atoms with Crippen molar-refractivity contribution in [1.29, 1.82) is 0 Å².